The summed E-state index contributed by atoms with van der Waals surface area (Å²) in [7, 11) is 0. The molecule has 0 saturated heterocycles. The van der Waals surface area contributed by atoms with Crippen molar-refractivity contribution in [2.24, 2.45) is 5.41 Å². The van der Waals surface area contributed by atoms with Gasteiger partial charge in [0, 0.05) is 5.38 Å². The zero-order chi connectivity index (χ0) is 12.1. The van der Waals surface area contributed by atoms with Crippen LogP contribution in [0.25, 0.3) is 0 Å². The number of hydrogen-bond acceptors (Lipinski definition) is 0. The molecule has 0 radical (unpaired) electrons. The molecule has 1 heteroatoms. The van der Waals surface area contributed by atoms with Gasteiger partial charge in [0.05, 0.1) is 0 Å². The van der Waals surface area contributed by atoms with Gasteiger partial charge in [-0.15, -0.1) is 11.6 Å². The van der Waals surface area contributed by atoms with Crippen molar-refractivity contribution in [2.75, 3.05) is 0 Å². The average molecular weight is 253 g/mol. The molecule has 17 heavy (non-hydrogen) atoms. The maximum atomic E-state index is 6.19. The fraction of sp³-hybridized carbons (Fsp3) is 0.750. The molecule has 96 valence electrons. The number of rotatable bonds is 2. The highest BCUT2D eigenvalue weighted by molar-refractivity contribution is 6.20. The van der Waals surface area contributed by atoms with E-state index in [-0.39, 0.29) is 0 Å². The van der Waals surface area contributed by atoms with E-state index in [9.17, 15) is 0 Å². The van der Waals surface area contributed by atoms with Gasteiger partial charge >= 0.3 is 0 Å². The van der Waals surface area contributed by atoms with Crippen LogP contribution < -0.4 is 0 Å². The second-order valence-electron chi connectivity index (χ2n) is 6.15. The van der Waals surface area contributed by atoms with E-state index >= 15 is 0 Å². The fourth-order valence-corrected chi connectivity index (χ4v) is 3.39. The van der Waals surface area contributed by atoms with Crippen molar-refractivity contribution in [1.29, 1.82) is 0 Å². The van der Waals surface area contributed by atoms with Crippen LogP contribution in [0.5, 0.6) is 0 Å². The predicted octanol–water partition coefficient (Wildman–Crippen LogP) is 5.62. The van der Waals surface area contributed by atoms with E-state index in [0.29, 0.717) is 10.8 Å². The first-order chi connectivity index (χ1) is 8.18. The third-order valence-electron chi connectivity index (χ3n) is 4.30. The third kappa shape index (κ3) is 4.17. The maximum Gasteiger partial charge on any atom is 0.0405 e. The smallest absolute Gasteiger partial charge is 0.0405 e. The highest BCUT2D eigenvalue weighted by Crippen LogP contribution is 2.40. The van der Waals surface area contributed by atoms with Crippen molar-refractivity contribution in [3.8, 4) is 0 Å². The lowest BCUT2D eigenvalue weighted by atomic mass is 9.77. The molecule has 1 unspecified atom stereocenters. The van der Waals surface area contributed by atoms with Crippen LogP contribution in [0, 0.1) is 5.41 Å². The molecule has 1 atom stereocenters. The van der Waals surface area contributed by atoms with Crippen LogP contribution in [0.15, 0.2) is 23.8 Å². The second kappa shape index (κ2) is 6.09. The largest absolute Gasteiger partial charge is 0.122 e. The van der Waals surface area contributed by atoms with E-state index in [0.717, 1.165) is 12.8 Å². The van der Waals surface area contributed by atoms with Gasteiger partial charge in [-0.2, -0.15) is 0 Å². The van der Waals surface area contributed by atoms with Crippen LogP contribution in [0.1, 0.15) is 64.7 Å². The van der Waals surface area contributed by atoms with Gasteiger partial charge in [0.2, 0.25) is 0 Å². The Bertz CT molecular complexity index is 293. The summed E-state index contributed by atoms with van der Waals surface area (Å²) in [6, 6.07) is 0. The quantitative estimate of drug-likeness (QED) is 0.442. The molecular formula is C16H25Cl. The molecular weight excluding hydrogens is 228 g/mol. The molecule has 0 aromatic heterocycles. The summed E-state index contributed by atoms with van der Waals surface area (Å²) in [5.41, 5.74) is 2.07. The summed E-state index contributed by atoms with van der Waals surface area (Å²) in [4.78, 5) is 0. The first-order valence-corrected chi connectivity index (χ1v) is 7.61. The molecule has 0 bridgehead atoms. The lowest BCUT2D eigenvalue weighted by Gasteiger charge is -2.28. The molecule has 0 aromatic carbocycles. The Morgan fingerprint density at radius 1 is 1.18 bits per heavy atom. The molecule has 0 spiro atoms. The first kappa shape index (κ1) is 13.2. The Morgan fingerprint density at radius 2 is 1.88 bits per heavy atom. The predicted molar refractivity (Wildman–Crippen MR) is 76.5 cm³/mol. The molecule has 2 rings (SSSR count). The van der Waals surface area contributed by atoms with Gasteiger partial charge in [0.1, 0.15) is 0 Å². The van der Waals surface area contributed by atoms with Crippen LogP contribution in [0.3, 0.4) is 0 Å². The molecule has 0 aromatic rings. The minimum absolute atomic E-state index is 0.311. The van der Waals surface area contributed by atoms with Gasteiger partial charge in [0.15, 0.2) is 0 Å². The number of alkyl halides is 1. The minimum Gasteiger partial charge on any atom is -0.122 e. The fourth-order valence-electron chi connectivity index (χ4n) is 3.19. The SMILES string of the molecule is CC1(CC2=CCC(Cl)CC=C2)CCCCCC1. The Morgan fingerprint density at radius 3 is 2.59 bits per heavy atom. The summed E-state index contributed by atoms with van der Waals surface area (Å²) in [5.74, 6) is 0. The van der Waals surface area contributed by atoms with Crippen LogP contribution in [-0.2, 0) is 0 Å². The average Bonchev–Trinajstić information content (AvgIpc) is 2.61. The van der Waals surface area contributed by atoms with Crippen molar-refractivity contribution in [2.45, 2.75) is 70.1 Å². The third-order valence-corrected chi connectivity index (χ3v) is 4.66. The molecule has 2 aliphatic carbocycles. The van der Waals surface area contributed by atoms with Gasteiger partial charge in [-0.25, -0.2) is 0 Å². The number of hydrogen-bond donors (Lipinski definition) is 0. The first-order valence-electron chi connectivity index (χ1n) is 7.18. The zero-order valence-corrected chi connectivity index (χ0v) is 11.8. The summed E-state index contributed by atoms with van der Waals surface area (Å²) < 4.78 is 0. The zero-order valence-electron chi connectivity index (χ0n) is 11.1. The van der Waals surface area contributed by atoms with Crippen molar-refractivity contribution in [1.82, 2.24) is 0 Å². The van der Waals surface area contributed by atoms with Crippen molar-refractivity contribution in [3.63, 3.8) is 0 Å². The van der Waals surface area contributed by atoms with E-state index in [2.05, 4.69) is 25.2 Å². The molecule has 0 N–H and O–H groups in total. The second-order valence-corrected chi connectivity index (χ2v) is 6.77. The van der Waals surface area contributed by atoms with Gasteiger partial charge in [-0.3, -0.25) is 0 Å². The molecule has 1 saturated carbocycles. The van der Waals surface area contributed by atoms with Crippen molar-refractivity contribution >= 4 is 11.6 Å². The van der Waals surface area contributed by atoms with Crippen LogP contribution in [0.4, 0.5) is 0 Å². The number of halogens is 1. The summed E-state index contributed by atoms with van der Waals surface area (Å²) in [6.45, 7) is 2.48. The lowest BCUT2D eigenvalue weighted by molar-refractivity contribution is 0.276. The molecule has 0 amide bonds. The van der Waals surface area contributed by atoms with E-state index in [1.165, 1.54) is 50.5 Å². The highest BCUT2D eigenvalue weighted by Gasteiger charge is 2.26. The molecule has 1 fully saturated rings. The van der Waals surface area contributed by atoms with E-state index in [1.807, 2.05) is 0 Å². The van der Waals surface area contributed by atoms with Gasteiger partial charge in [0.25, 0.3) is 0 Å². The van der Waals surface area contributed by atoms with Crippen LogP contribution in [0.2, 0.25) is 0 Å². The molecule has 2 aliphatic rings. The Labute approximate surface area is 111 Å². The lowest BCUT2D eigenvalue weighted by Crippen LogP contribution is -2.15. The Kier molecular flexibility index (Phi) is 4.73. The maximum absolute atomic E-state index is 6.19. The molecule has 0 heterocycles. The van der Waals surface area contributed by atoms with E-state index in [1.54, 1.807) is 0 Å². The summed E-state index contributed by atoms with van der Waals surface area (Å²) >= 11 is 6.19. The molecule has 0 nitrogen and oxygen atoms in total. The summed E-state index contributed by atoms with van der Waals surface area (Å²) in [6.07, 6.45) is 18.8. The van der Waals surface area contributed by atoms with Crippen LogP contribution in [-0.4, -0.2) is 5.38 Å². The van der Waals surface area contributed by atoms with Crippen molar-refractivity contribution in [3.05, 3.63) is 23.8 Å². The van der Waals surface area contributed by atoms with Crippen LogP contribution >= 0.6 is 11.6 Å². The summed E-state index contributed by atoms with van der Waals surface area (Å²) in [5, 5.41) is 0.311. The highest BCUT2D eigenvalue weighted by atomic mass is 35.5. The monoisotopic (exact) mass is 252 g/mol. The topological polar surface area (TPSA) is 0 Å². The van der Waals surface area contributed by atoms with Crippen molar-refractivity contribution < 1.29 is 0 Å². The Hall–Kier alpha value is -0.230. The van der Waals surface area contributed by atoms with Gasteiger partial charge in [-0.1, -0.05) is 56.4 Å². The number of allylic oxidation sites excluding steroid dienone is 4. The normalized spacial score (nSPS) is 29.3. The van der Waals surface area contributed by atoms with E-state index in [4.69, 9.17) is 11.6 Å². The standard InChI is InChI=1S/C16H25Cl/c1-16(11-4-2-3-5-12-16)13-14-7-6-8-15(17)10-9-14/h6-7,9,15H,2-5,8,10-13H2,1H3. The molecule has 0 aliphatic heterocycles. The van der Waals surface area contributed by atoms with Gasteiger partial charge in [-0.05, 0) is 37.5 Å². The Balaban J connectivity index is 1.98. The minimum atomic E-state index is 0.311. The van der Waals surface area contributed by atoms with E-state index < -0.39 is 0 Å². The van der Waals surface area contributed by atoms with Gasteiger partial charge < -0.3 is 0 Å².